The summed E-state index contributed by atoms with van der Waals surface area (Å²) in [6.07, 6.45) is 3.98. The Hall–Kier alpha value is -2.57. The average Bonchev–Trinajstić information content (AvgIpc) is 3.45. The van der Waals surface area contributed by atoms with E-state index in [9.17, 15) is 14.7 Å². The van der Waals surface area contributed by atoms with Gasteiger partial charge in [-0.25, -0.2) is 9.78 Å². The highest BCUT2D eigenvalue weighted by molar-refractivity contribution is 5.78. The highest BCUT2D eigenvalue weighted by Gasteiger charge is 2.32. The fourth-order valence-corrected chi connectivity index (χ4v) is 4.28. The summed E-state index contributed by atoms with van der Waals surface area (Å²) in [6, 6.07) is 6.59. The molecule has 0 bridgehead atoms. The molecule has 1 aromatic heterocycles. The molecule has 0 spiro atoms. The van der Waals surface area contributed by atoms with Crippen molar-refractivity contribution in [1.29, 1.82) is 0 Å². The third-order valence-electron chi connectivity index (χ3n) is 5.80. The van der Waals surface area contributed by atoms with Gasteiger partial charge in [-0.1, -0.05) is 19.9 Å². The number of amides is 2. The van der Waals surface area contributed by atoms with Crippen molar-refractivity contribution in [3.8, 4) is 0 Å². The minimum Gasteiger partial charge on any atom is -0.481 e. The molecular formula is C21H28N4O3. The standard InChI is InChI=1S/C21H28N4O3/c1-3-19-23-17-9-14(4-7-18(17)25(19)16-5-6-16)10-22-21(28)24-11-13(2)8-15(12-24)20(26)27/h4,7,9,13,15-16H,3,5-6,8,10-12H2,1-2H3,(H,22,28)(H,26,27). The number of benzene rings is 1. The van der Waals surface area contributed by atoms with Gasteiger partial charge in [-0.2, -0.15) is 0 Å². The number of hydrogen-bond acceptors (Lipinski definition) is 3. The van der Waals surface area contributed by atoms with E-state index < -0.39 is 11.9 Å². The molecule has 7 heteroatoms. The van der Waals surface area contributed by atoms with Crippen LogP contribution in [0.15, 0.2) is 18.2 Å². The van der Waals surface area contributed by atoms with Gasteiger partial charge in [0.15, 0.2) is 0 Å². The summed E-state index contributed by atoms with van der Waals surface area (Å²) in [5.74, 6) is 0.00832. The lowest BCUT2D eigenvalue weighted by Crippen LogP contribution is -2.49. The third-order valence-corrected chi connectivity index (χ3v) is 5.80. The molecule has 150 valence electrons. The molecule has 1 aliphatic heterocycles. The minimum absolute atomic E-state index is 0.191. The summed E-state index contributed by atoms with van der Waals surface area (Å²) in [4.78, 5) is 30.3. The Labute approximate surface area is 164 Å². The van der Waals surface area contributed by atoms with Gasteiger partial charge >= 0.3 is 12.0 Å². The first-order valence-electron chi connectivity index (χ1n) is 10.2. The number of nitrogens with zero attached hydrogens (tertiary/aromatic N) is 3. The van der Waals surface area contributed by atoms with Crippen molar-refractivity contribution in [2.24, 2.45) is 11.8 Å². The number of urea groups is 1. The van der Waals surface area contributed by atoms with Crippen molar-refractivity contribution in [2.75, 3.05) is 13.1 Å². The SMILES string of the molecule is CCc1nc2cc(CNC(=O)N3CC(C)CC(C(=O)O)C3)ccc2n1C1CC1. The quantitative estimate of drug-likeness (QED) is 0.829. The van der Waals surface area contributed by atoms with Gasteiger partial charge in [-0.15, -0.1) is 0 Å². The zero-order valence-electron chi connectivity index (χ0n) is 16.5. The zero-order chi connectivity index (χ0) is 19.8. The zero-order valence-corrected chi connectivity index (χ0v) is 16.5. The average molecular weight is 384 g/mol. The van der Waals surface area contributed by atoms with Gasteiger partial charge in [0.2, 0.25) is 0 Å². The van der Waals surface area contributed by atoms with Crippen LogP contribution >= 0.6 is 0 Å². The topological polar surface area (TPSA) is 87.5 Å². The molecule has 7 nitrogen and oxygen atoms in total. The van der Waals surface area contributed by atoms with Gasteiger partial charge < -0.3 is 19.9 Å². The van der Waals surface area contributed by atoms with Crippen molar-refractivity contribution >= 4 is 23.0 Å². The van der Waals surface area contributed by atoms with Crippen LogP contribution in [0.5, 0.6) is 0 Å². The monoisotopic (exact) mass is 384 g/mol. The van der Waals surface area contributed by atoms with E-state index >= 15 is 0 Å². The normalized spacial score (nSPS) is 22.4. The highest BCUT2D eigenvalue weighted by atomic mass is 16.4. The van der Waals surface area contributed by atoms with Crippen LogP contribution in [-0.2, 0) is 17.8 Å². The molecular weight excluding hydrogens is 356 g/mol. The van der Waals surface area contributed by atoms with E-state index in [2.05, 4.69) is 22.9 Å². The lowest BCUT2D eigenvalue weighted by Gasteiger charge is -2.34. The van der Waals surface area contributed by atoms with E-state index in [-0.39, 0.29) is 18.5 Å². The van der Waals surface area contributed by atoms with Gasteiger partial charge in [0.1, 0.15) is 5.82 Å². The molecule has 2 aliphatic rings. The second-order valence-corrected chi connectivity index (χ2v) is 8.25. The summed E-state index contributed by atoms with van der Waals surface area (Å²) in [7, 11) is 0. The Morgan fingerprint density at radius 1 is 1.29 bits per heavy atom. The molecule has 2 heterocycles. The largest absolute Gasteiger partial charge is 0.481 e. The van der Waals surface area contributed by atoms with Gasteiger partial charge in [-0.05, 0) is 42.9 Å². The number of likely N-dealkylation sites (tertiary alicyclic amines) is 1. The minimum atomic E-state index is -0.826. The Balaban J connectivity index is 1.43. The molecule has 1 aliphatic carbocycles. The number of rotatable bonds is 5. The fourth-order valence-electron chi connectivity index (χ4n) is 4.28. The van der Waals surface area contributed by atoms with Crippen molar-refractivity contribution in [3.63, 3.8) is 0 Å². The number of carboxylic acid groups (broad SMARTS) is 1. The van der Waals surface area contributed by atoms with E-state index in [0.29, 0.717) is 25.6 Å². The number of fused-ring (bicyclic) bond motifs is 1. The molecule has 1 aromatic carbocycles. The van der Waals surface area contributed by atoms with Crippen LogP contribution in [0.4, 0.5) is 4.79 Å². The number of aliphatic carboxylic acids is 1. The Kier molecular flexibility index (Phi) is 5.00. The van der Waals surface area contributed by atoms with Crippen LogP contribution in [0.3, 0.4) is 0 Å². The van der Waals surface area contributed by atoms with E-state index in [4.69, 9.17) is 4.98 Å². The van der Waals surface area contributed by atoms with E-state index in [1.807, 2.05) is 19.1 Å². The maximum atomic E-state index is 12.6. The van der Waals surface area contributed by atoms with Crippen molar-refractivity contribution < 1.29 is 14.7 Å². The highest BCUT2D eigenvalue weighted by Crippen LogP contribution is 2.38. The molecule has 2 unspecified atom stereocenters. The van der Waals surface area contributed by atoms with Gasteiger partial charge in [0.25, 0.3) is 0 Å². The summed E-state index contributed by atoms with van der Waals surface area (Å²) in [5, 5.41) is 12.2. The molecule has 2 fully saturated rings. The number of nitrogens with one attached hydrogen (secondary N) is 1. The number of carbonyl (C=O) groups excluding carboxylic acids is 1. The molecule has 2 amide bonds. The maximum Gasteiger partial charge on any atom is 0.317 e. The lowest BCUT2D eigenvalue weighted by molar-refractivity contribution is -0.143. The summed E-state index contributed by atoms with van der Waals surface area (Å²) < 4.78 is 2.36. The summed E-state index contributed by atoms with van der Waals surface area (Å²) >= 11 is 0. The third kappa shape index (κ3) is 3.70. The predicted octanol–water partition coefficient (Wildman–Crippen LogP) is 3.19. The Morgan fingerprint density at radius 3 is 2.75 bits per heavy atom. The molecule has 0 radical (unpaired) electrons. The fraction of sp³-hybridized carbons (Fsp3) is 0.571. The number of carboxylic acids is 1. The van der Waals surface area contributed by atoms with Crippen LogP contribution in [0, 0.1) is 11.8 Å². The van der Waals surface area contributed by atoms with Gasteiger partial charge in [0.05, 0.1) is 17.0 Å². The molecule has 2 N–H and O–H groups in total. The Bertz CT molecular complexity index is 902. The van der Waals surface area contributed by atoms with Crippen LogP contribution < -0.4 is 5.32 Å². The van der Waals surface area contributed by atoms with Crippen LogP contribution in [-0.4, -0.2) is 44.6 Å². The number of hydrogen-bond donors (Lipinski definition) is 2. The van der Waals surface area contributed by atoms with Crippen LogP contribution in [0.25, 0.3) is 11.0 Å². The number of piperidine rings is 1. The van der Waals surface area contributed by atoms with E-state index in [1.165, 1.54) is 18.4 Å². The predicted molar refractivity (Wildman–Crippen MR) is 106 cm³/mol. The van der Waals surface area contributed by atoms with Crippen LogP contribution in [0.2, 0.25) is 0 Å². The number of aromatic nitrogens is 2. The molecule has 2 atom stereocenters. The molecule has 1 saturated heterocycles. The summed E-state index contributed by atoms with van der Waals surface area (Å²) in [5.41, 5.74) is 3.15. The van der Waals surface area contributed by atoms with Crippen molar-refractivity contribution in [2.45, 2.75) is 52.1 Å². The maximum absolute atomic E-state index is 12.6. The Morgan fingerprint density at radius 2 is 2.07 bits per heavy atom. The molecule has 28 heavy (non-hydrogen) atoms. The van der Waals surface area contributed by atoms with Crippen molar-refractivity contribution in [1.82, 2.24) is 19.8 Å². The number of aryl methyl sites for hydroxylation is 1. The van der Waals surface area contributed by atoms with Crippen LogP contribution in [0.1, 0.15) is 50.5 Å². The smallest absolute Gasteiger partial charge is 0.317 e. The van der Waals surface area contributed by atoms with Gasteiger partial charge in [0, 0.05) is 32.1 Å². The van der Waals surface area contributed by atoms with Crippen molar-refractivity contribution in [3.05, 3.63) is 29.6 Å². The second kappa shape index (κ2) is 7.45. The first-order chi connectivity index (χ1) is 13.5. The first-order valence-corrected chi connectivity index (χ1v) is 10.2. The first kappa shape index (κ1) is 18.8. The van der Waals surface area contributed by atoms with Gasteiger partial charge in [-0.3, -0.25) is 4.79 Å². The summed E-state index contributed by atoms with van der Waals surface area (Å²) in [6.45, 7) is 5.40. The molecule has 2 aromatic rings. The number of imidazole rings is 1. The number of carbonyl (C=O) groups is 2. The van der Waals surface area contributed by atoms with E-state index in [0.717, 1.165) is 23.3 Å². The molecule has 4 rings (SSSR count). The lowest BCUT2D eigenvalue weighted by atomic mass is 9.91. The molecule has 1 saturated carbocycles. The second-order valence-electron chi connectivity index (χ2n) is 8.25. The van der Waals surface area contributed by atoms with E-state index in [1.54, 1.807) is 4.90 Å².